The fourth-order valence-electron chi connectivity index (χ4n) is 3.82. The normalized spacial score (nSPS) is 19.8. The van der Waals surface area contributed by atoms with Crippen LogP contribution < -0.4 is 9.47 Å². The lowest BCUT2D eigenvalue weighted by atomic mass is 9.97. The van der Waals surface area contributed by atoms with E-state index in [1.54, 1.807) is 25.5 Å². The molecule has 8 nitrogen and oxygen atoms in total. The first-order valence-corrected chi connectivity index (χ1v) is 9.13. The minimum Gasteiger partial charge on any atom is -0.493 e. The number of fused-ring (bicyclic) bond motifs is 3. The van der Waals surface area contributed by atoms with E-state index in [4.69, 9.17) is 19.0 Å². The quantitative estimate of drug-likeness (QED) is 0.482. The molecule has 29 heavy (non-hydrogen) atoms. The molecule has 2 aliphatic rings. The van der Waals surface area contributed by atoms with E-state index in [1.807, 2.05) is 35.3 Å². The zero-order chi connectivity index (χ0) is 20.0. The first kappa shape index (κ1) is 17.3. The van der Waals surface area contributed by atoms with Crippen molar-refractivity contribution < 1.29 is 18.8 Å². The molecule has 2 atom stereocenters. The van der Waals surface area contributed by atoms with Crippen LogP contribution in [0.5, 0.6) is 11.5 Å². The number of ether oxygens (including phenoxy) is 2. The van der Waals surface area contributed by atoms with Gasteiger partial charge in [-0.05, 0) is 30.3 Å². The maximum absolute atomic E-state index is 11.0. The van der Waals surface area contributed by atoms with Gasteiger partial charge in [0, 0.05) is 29.7 Å². The summed E-state index contributed by atoms with van der Waals surface area (Å²) in [4.78, 5) is 10.6. The minimum atomic E-state index is -0.544. The van der Waals surface area contributed by atoms with Gasteiger partial charge in [-0.3, -0.25) is 10.1 Å². The Hall–Kier alpha value is -3.81. The largest absolute Gasteiger partial charge is 0.493 e. The fraction of sp³-hybridized carbons (Fsp3) is 0.190. The van der Waals surface area contributed by atoms with E-state index in [0.29, 0.717) is 23.7 Å². The van der Waals surface area contributed by atoms with E-state index in [2.05, 4.69) is 0 Å². The second-order valence-electron chi connectivity index (χ2n) is 6.82. The van der Waals surface area contributed by atoms with E-state index in [0.717, 1.165) is 16.8 Å². The van der Waals surface area contributed by atoms with E-state index in [-0.39, 0.29) is 11.7 Å². The Labute approximate surface area is 166 Å². The predicted molar refractivity (Wildman–Crippen MR) is 104 cm³/mol. The Morgan fingerprint density at radius 2 is 2.00 bits per heavy atom. The van der Waals surface area contributed by atoms with Crippen molar-refractivity contribution in [3.8, 4) is 11.5 Å². The molecule has 0 unspecified atom stereocenters. The molecule has 1 aromatic heterocycles. The number of nitrogens with zero attached hydrogens (tertiary/aromatic N) is 3. The van der Waals surface area contributed by atoms with Crippen molar-refractivity contribution in [1.82, 2.24) is 5.01 Å². The van der Waals surface area contributed by atoms with Crippen LogP contribution in [0.3, 0.4) is 0 Å². The van der Waals surface area contributed by atoms with Crippen molar-refractivity contribution in [3.05, 3.63) is 87.9 Å². The zero-order valence-corrected chi connectivity index (χ0v) is 15.5. The molecule has 0 radical (unpaired) electrons. The molecule has 2 aliphatic heterocycles. The van der Waals surface area contributed by atoms with Gasteiger partial charge in [-0.1, -0.05) is 12.1 Å². The number of benzene rings is 2. The average molecular weight is 391 g/mol. The molecule has 2 aromatic carbocycles. The van der Waals surface area contributed by atoms with Crippen molar-refractivity contribution in [2.75, 3.05) is 7.11 Å². The predicted octanol–water partition coefficient (Wildman–Crippen LogP) is 4.44. The summed E-state index contributed by atoms with van der Waals surface area (Å²) in [6, 6.07) is 15.8. The molecule has 0 aliphatic carbocycles. The molecule has 0 fully saturated rings. The summed E-state index contributed by atoms with van der Waals surface area (Å²) < 4.78 is 17.4. The van der Waals surface area contributed by atoms with Gasteiger partial charge in [0.2, 0.25) is 6.23 Å². The van der Waals surface area contributed by atoms with Gasteiger partial charge in [0.05, 0.1) is 24.3 Å². The van der Waals surface area contributed by atoms with Crippen LogP contribution in [0, 0.1) is 10.1 Å². The summed E-state index contributed by atoms with van der Waals surface area (Å²) in [5.41, 5.74) is 2.60. The first-order chi connectivity index (χ1) is 14.2. The summed E-state index contributed by atoms with van der Waals surface area (Å²) >= 11 is 0. The summed E-state index contributed by atoms with van der Waals surface area (Å²) in [7, 11) is 1.60. The molecule has 8 heteroatoms. The zero-order valence-electron chi connectivity index (χ0n) is 15.5. The number of hydrazone groups is 1. The number of furan rings is 1. The maximum atomic E-state index is 11.0. The topological polar surface area (TPSA) is 90.3 Å². The SMILES string of the molecule is COc1cccc2c1O[C@H](c1ccc([N+](=O)[O-])cc1)N1N=C(c3ccco3)C[C@@H]21. The van der Waals surface area contributed by atoms with Gasteiger partial charge in [0.15, 0.2) is 11.5 Å². The molecule has 0 bridgehead atoms. The van der Waals surface area contributed by atoms with Crippen LogP contribution in [0.15, 0.2) is 70.4 Å². The second-order valence-corrected chi connectivity index (χ2v) is 6.82. The molecule has 0 amide bonds. The van der Waals surface area contributed by atoms with Crippen LogP contribution in [0.4, 0.5) is 5.69 Å². The lowest BCUT2D eigenvalue weighted by Gasteiger charge is -2.38. The van der Waals surface area contributed by atoms with Gasteiger partial charge in [-0.2, -0.15) is 5.10 Å². The Balaban J connectivity index is 1.60. The van der Waals surface area contributed by atoms with Gasteiger partial charge in [0.1, 0.15) is 11.5 Å². The third-order valence-electron chi connectivity index (χ3n) is 5.19. The Morgan fingerprint density at radius 1 is 1.17 bits per heavy atom. The number of para-hydroxylation sites is 1. The van der Waals surface area contributed by atoms with E-state index >= 15 is 0 Å². The van der Waals surface area contributed by atoms with Crippen molar-refractivity contribution in [2.24, 2.45) is 5.10 Å². The highest BCUT2D eigenvalue weighted by Gasteiger charge is 2.42. The molecule has 3 heterocycles. The molecule has 3 aromatic rings. The lowest BCUT2D eigenvalue weighted by molar-refractivity contribution is -0.384. The molecule has 5 rings (SSSR count). The third kappa shape index (κ3) is 2.80. The van der Waals surface area contributed by atoms with Gasteiger partial charge in [-0.25, -0.2) is 5.01 Å². The van der Waals surface area contributed by atoms with Crippen molar-refractivity contribution >= 4 is 11.4 Å². The van der Waals surface area contributed by atoms with E-state index in [9.17, 15) is 10.1 Å². The summed E-state index contributed by atoms with van der Waals surface area (Å²) in [6.07, 6.45) is 1.73. The minimum absolute atomic E-state index is 0.0280. The average Bonchev–Trinajstić information content (AvgIpc) is 3.42. The molecule has 0 saturated heterocycles. The van der Waals surface area contributed by atoms with Crippen molar-refractivity contribution in [1.29, 1.82) is 0 Å². The van der Waals surface area contributed by atoms with E-state index < -0.39 is 11.2 Å². The number of rotatable bonds is 4. The van der Waals surface area contributed by atoms with Crippen molar-refractivity contribution in [3.63, 3.8) is 0 Å². The van der Waals surface area contributed by atoms with Gasteiger partial charge in [-0.15, -0.1) is 0 Å². The Morgan fingerprint density at radius 3 is 2.69 bits per heavy atom. The highest BCUT2D eigenvalue weighted by molar-refractivity contribution is 5.99. The fourth-order valence-corrected chi connectivity index (χ4v) is 3.82. The molecule has 146 valence electrons. The summed E-state index contributed by atoms with van der Waals surface area (Å²) in [6.45, 7) is 0. The van der Waals surface area contributed by atoms with Crippen molar-refractivity contribution in [2.45, 2.75) is 18.7 Å². The molecular weight excluding hydrogens is 374 g/mol. The summed E-state index contributed by atoms with van der Waals surface area (Å²) in [5.74, 6) is 2.02. The number of hydrogen-bond donors (Lipinski definition) is 0. The second kappa shape index (κ2) is 6.66. The van der Waals surface area contributed by atoms with Gasteiger partial charge >= 0.3 is 0 Å². The highest BCUT2D eigenvalue weighted by Crippen LogP contribution is 2.50. The molecule has 0 saturated carbocycles. The smallest absolute Gasteiger partial charge is 0.269 e. The third-order valence-corrected chi connectivity index (χ3v) is 5.19. The molecule has 0 spiro atoms. The summed E-state index contributed by atoms with van der Waals surface area (Å²) in [5, 5.41) is 17.7. The first-order valence-electron chi connectivity index (χ1n) is 9.13. The van der Waals surface area contributed by atoms with Crippen LogP contribution >= 0.6 is 0 Å². The van der Waals surface area contributed by atoms with Crippen LogP contribution in [-0.2, 0) is 0 Å². The molecule has 0 N–H and O–H groups in total. The van der Waals surface area contributed by atoms with Crippen LogP contribution in [0.1, 0.15) is 35.6 Å². The Bertz CT molecular complexity index is 1090. The van der Waals surface area contributed by atoms with E-state index in [1.165, 1.54) is 12.1 Å². The highest BCUT2D eigenvalue weighted by atomic mass is 16.6. The van der Waals surface area contributed by atoms with Crippen LogP contribution in [0.25, 0.3) is 0 Å². The Kier molecular flexibility index (Phi) is 3.97. The number of methoxy groups -OCH3 is 1. The van der Waals surface area contributed by atoms with Gasteiger partial charge in [0.25, 0.3) is 5.69 Å². The van der Waals surface area contributed by atoms with Crippen LogP contribution in [0.2, 0.25) is 0 Å². The number of nitro groups is 1. The van der Waals surface area contributed by atoms with Crippen LogP contribution in [-0.4, -0.2) is 22.8 Å². The number of non-ortho nitro benzene ring substituents is 1. The monoisotopic (exact) mass is 391 g/mol. The standard InChI is InChI=1S/C21H17N3O5/c1-27-19-5-2-4-15-17-12-16(18-6-3-11-28-18)22-23(17)21(29-20(15)19)13-7-9-14(10-8-13)24(25)26/h2-11,17,21H,12H2,1H3/t17-,21+/m0/s1. The molecular formula is C21H17N3O5. The lowest BCUT2D eigenvalue weighted by Crippen LogP contribution is -2.33. The number of nitro benzene ring substituents is 1. The maximum Gasteiger partial charge on any atom is 0.269 e. The van der Waals surface area contributed by atoms with Gasteiger partial charge < -0.3 is 13.9 Å². The number of hydrogen-bond acceptors (Lipinski definition) is 7.